The number of hydrogen-bond donors (Lipinski definition) is 1. The smallest absolute Gasteiger partial charge is 0.243 e. The molecule has 5 heteroatoms. The molecule has 0 aliphatic carbocycles. The highest BCUT2D eigenvalue weighted by Crippen LogP contribution is 2.24. The van der Waals surface area contributed by atoms with Crippen molar-refractivity contribution in [1.82, 2.24) is 15.5 Å². The number of rotatable bonds is 4. The van der Waals surface area contributed by atoms with Crippen LogP contribution in [0.1, 0.15) is 49.9 Å². The van der Waals surface area contributed by atoms with E-state index in [1.54, 1.807) is 0 Å². The van der Waals surface area contributed by atoms with Crippen LogP contribution in [0.15, 0.2) is 4.52 Å². The van der Waals surface area contributed by atoms with E-state index in [2.05, 4.69) is 22.4 Å². The Morgan fingerprint density at radius 3 is 3.06 bits per heavy atom. The van der Waals surface area contributed by atoms with Crippen molar-refractivity contribution >= 4 is 0 Å². The highest BCUT2D eigenvalue weighted by molar-refractivity contribution is 4.99. The van der Waals surface area contributed by atoms with Crippen molar-refractivity contribution in [1.29, 1.82) is 0 Å². The topological polar surface area (TPSA) is 60.2 Å². The van der Waals surface area contributed by atoms with Crippen molar-refractivity contribution in [2.45, 2.75) is 38.1 Å². The van der Waals surface area contributed by atoms with Crippen molar-refractivity contribution in [3.63, 3.8) is 0 Å². The van der Waals surface area contributed by atoms with E-state index in [-0.39, 0.29) is 6.04 Å². The lowest BCUT2D eigenvalue weighted by Gasteiger charge is -2.18. The van der Waals surface area contributed by atoms with Gasteiger partial charge in [0.1, 0.15) is 0 Å². The second-order valence-electron chi connectivity index (χ2n) is 4.15. The average Bonchev–Trinajstić information content (AvgIpc) is 2.81. The van der Waals surface area contributed by atoms with E-state index in [0.29, 0.717) is 11.8 Å². The summed E-state index contributed by atoms with van der Waals surface area (Å²) in [7, 11) is 1.90. The van der Waals surface area contributed by atoms with Crippen molar-refractivity contribution in [2.75, 3.05) is 20.3 Å². The maximum atomic E-state index is 5.42. The summed E-state index contributed by atoms with van der Waals surface area (Å²) in [6, 6.07) is 0.158. The first-order chi connectivity index (χ1) is 7.85. The number of nitrogens with zero attached hydrogens (tertiary/aromatic N) is 2. The minimum absolute atomic E-state index is 0.158. The Hall–Kier alpha value is -0.940. The van der Waals surface area contributed by atoms with Crippen LogP contribution in [0.5, 0.6) is 0 Å². The van der Waals surface area contributed by atoms with E-state index in [4.69, 9.17) is 9.26 Å². The summed E-state index contributed by atoms with van der Waals surface area (Å²) in [4.78, 5) is 4.46. The lowest BCUT2D eigenvalue weighted by molar-refractivity contribution is 0.0773. The molecule has 1 aliphatic rings. The molecular formula is C11H19N3O2. The first-order valence-electron chi connectivity index (χ1n) is 5.93. The van der Waals surface area contributed by atoms with Crippen molar-refractivity contribution in [3.05, 3.63) is 11.7 Å². The van der Waals surface area contributed by atoms with Crippen molar-refractivity contribution in [2.24, 2.45) is 0 Å². The van der Waals surface area contributed by atoms with Gasteiger partial charge in [-0.1, -0.05) is 12.1 Å². The first kappa shape index (κ1) is 11.5. The van der Waals surface area contributed by atoms with Gasteiger partial charge in [0.15, 0.2) is 5.82 Å². The Bertz CT molecular complexity index is 317. The molecule has 1 aliphatic heterocycles. The molecule has 5 nitrogen and oxygen atoms in total. The fourth-order valence-corrected chi connectivity index (χ4v) is 2.00. The molecule has 1 fully saturated rings. The normalized spacial score (nSPS) is 23.2. The number of ether oxygens (including phenoxy) is 1. The van der Waals surface area contributed by atoms with E-state index in [9.17, 15) is 0 Å². The molecule has 0 saturated carbocycles. The summed E-state index contributed by atoms with van der Waals surface area (Å²) in [6.45, 7) is 3.67. The molecule has 90 valence electrons. The van der Waals surface area contributed by atoms with Crippen LogP contribution in [0.25, 0.3) is 0 Å². The highest BCUT2D eigenvalue weighted by Gasteiger charge is 2.23. The zero-order valence-electron chi connectivity index (χ0n) is 9.90. The van der Waals surface area contributed by atoms with Gasteiger partial charge in [-0.2, -0.15) is 4.98 Å². The van der Waals surface area contributed by atoms with Crippen molar-refractivity contribution in [3.8, 4) is 0 Å². The molecule has 2 unspecified atom stereocenters. The molecule has 1 N–H and O–H groups in total. The molecule has 0 radical (unpaired) electrons. The molecule has 0 bridgehead atoms. The molecule has 2 rings (SSSR count). The number of aromatic nitrogens is 2. The Labute approximate surface area is 95.6 Å². The Morgan fingerprint density at radius 1 is 1.56 bits per heavy atom. The summed E-state index contributed by atoms with van der Waals surface area (Å²) >= 11 is 0. The van der Waals surface area contributed by atoms with Crippen LogP contribution in [-0.2, 0) is 4.74 Å². The fourth-order valence-electron chi connectivity index (χ4n) is 2.00. The van der Waals surface area contributed by atoms with Crippen LogP contribution in [0, 0.1) is 0 Å². The molecule has 1 saturated heterocycles. The minimum atomic E-state index is 0.158. The quantitative estimate of drug-likeness (QED) is 0.844. The Kier molecular flexibility index (Phi) is 3.90. The first-order valence-corrected chi connectivity index (χ1v) is 5.93. The maximum Gasteiger partial charge on any atom is 0.243 e. The molecule has 1 aromatic rings. The summed E-state index contributed by atoms with van der Waals surface area (Å²) in [6.07, 6.45) is 3.12. The van der Waals surface area contributed by atoms with E-state index in [1.165, 1.54) is 0 Å². The summed E-state index contributed by atoms with van der Waals surface area (Å²) < 4.78 is 10.7. The molecule has 1 aromatic heterocycles. The van der Waals surface area contributed by atoms with E-state index in [1.807, 2.05) is 7.05 Å². The predicted molar refractivity (Wildman–Crippen MR) is 59.2 cm³/mol. The van der Waals surface area contributed by atoms with Crippen LogP contribution in [-0.4, -0.2) is 30.4 Å². The molecule has 2 atom stereocenters. The second kappa shape index (κ2) is 5.41. The maximum absolute atomic E-state index is 5.42. The Morgan fingerprint density at radius 2 is 2.44 bits per heavy atom. The predicted octanol–water partition coefficient (Wildman–Crippen LogP) is 1.63. The van der Waals surface area contributed by atoms with Gasteiger partial charge in [-0.05, 0) is 26.3 Å². The van der Waals surface area contributed by atoms with Gasteiger partial charge in [-0.3, -0.25) is 0 Å². The molecule has 16 heavy (non-hydrogen) atoms. The molecule has 0 amide bonds. The Balaban J connectivity index is 2.05. The fraction of sp³-hybridized carbons (Fsp3) is 0.818. The lowest BCUT2D eigenvalue weighted by atomic mass is 10.0. The van der Waals surface area contributed by atoms with Gasteiger partial charge in [0.2, 0.25) is 5.89 Å². The zero-order valence-corrected chi connectivity index (χ0v) is 9.90. The third-order valence-electron chi connectivity index (χ3n) is 3.04. The number of hydrogen-bond acceptors (Lipinski definition) is 5. The second-order valence-corrected chi connectivity index (χ2v) is 4.15. The lowest BCUT2D eigenvalue weighted by Crippen LogP contribution is -2.18. The van der Waals surface area contributed by atoms with E-state index < -0.39 is 0 Å². The monoisotopic (exact) mass is 225 g/mol. The molecule has 0 aromatic carbocycles. The van der Waals surface area contributed by atoms with E-state index >= 15 is 0 Å². The van der Waals surface area contributed by atoms with E-state index in [0.717, 1.165) is 38.3 Å². The average molecular weight is 225 g/mol. The van der Waals surface area contributed by atoms with Gasteiger partial charge in [-0.25, -0.2) is 0 Å². The zero-order chi connectivity index (χ0) is 11.4. The number of nitrogens with one attached hydrogen (secondary N) is 1. The van der Waals surface area contributed by atoms with Gasteiger partial charge in [0.25, 0.3) is 0 Å². The largest absolute Gasteiger partial charge is 0.381 e. The summed E-state index contributed by atoms with van der Waals surface area (Å²) in [5, 5.41) is 7.21. The van der Waals surface area contributed by atoms with Gasteiger partial charge >= 0.3 is 0 Å². The summed E-state index contributed by atoms with van der Waals surface area (Å²) in [5.41, 5.74) is 0. The van der Waals surface area contributed by atoms with Gasteiger partial charge in [-0.15, -0.1) is 0 Å². The van der Waals surface area contributed by atoms with Gasteiger partial charge < -0.3 is 14.6 Å². The summed E-state index contributed by atoms with van der Waals surface area (Å²) in [5.74, 6) is 1.79. The molecule has 0 spiro atoms. The van der Waals surface area contributed by atoms with Crippen LogP contribution in [0.3, 0.4) is 0 Å². The van der Waals surface area contributed by atoms with Gasteiger partial charge in [0.05, 0.1) is 12.6 Å². The highest BCUT2D eigenvalue weighted by atomic mass is 16.5. The third-order valence-corrected chi connectivity index (χ3v) is 3.04. The van der Waals surface area contributed by atoms with Crippen LogP contribution in [0.2, 0.25) is 0 Å². The van der Waals surface area contributed by atoms with Crippen LogP contribution < -0.4 is 5.32 Å². The molecular weight excluding hydrogens is 206 g/mol. The molecule has 2 heterocycles. The third kappa shape index (κ3) is 2.41. The SMILES string of the molecule is CCC(NC)c1nc(C2CCCOC2)no1. The standard InChI is InChI=1S/C11H19N3O2/c1-3-9(12-2)11-13-10(14-16-11)8-5-4-6-15-7-8/h8-9,12H,3-7H2,1-2H3. The van der Waals surface area contributed by atoms with Gasteiger partial charge in [0, 0.05) is 12.5 Å². The van der Waals surface area contributed by atoms with Crippen LogP contribution >= 0.6 is 0 Å². The minimum Gasteiger partial charge on any atom is -0.381 e. The van der Waals surface area contributed by atoms with Crippen LogP contribution in [0.4, 0.5) is 0 Å². The van der Waals surface area contributed by atoms with Crippen molar-refractivity contribution < 1.29 is 9.26 Å².